The quantitative estimate of drug-likeness (QED) is 0.277. The minimum Gasteiger partial charge on any atom is -0.355 e. The number of rotatable bonds is 5. The molecule has 1 aliphatic rings. The molecule has 34 heavy (non-hydrogen) atoms. The lowest BCUT2D eigenvalue weighted by atomic mass is 9.90. The van der Waals surface area contributed by atoms with E-state index in [1.807, 2.05) is 30.5 Å². The lowest BCUT2D eigenvalue weighted by molar-refractivity contribution is 0.501. The largest absolute Gasteiger partial charge is 0.355 e. The molecule has 0 amide bonds. The Kier molecular flexibility index (Phi) is 5.55. The van der Waals surface area contributed by atoms with E-state index in [0.717, 1.165) is 41.0 Å². The van der Waals surface area contributed by atoms with Crippen LogP contribution in [0.5, 0.6) is 0 Å². The van der Waals surface area contributed by atoms with Crippen molar-refractivity contribution in [2.45, 2.75) is 36.7 Å². The third-order valence-electron chi connectivity index (χ3n) is 6.68. The molecule has 1 aliphatic carbocycles. The van der Waals surface area contributed by atoms with Gasteiger partial charge in [-0.05, 0) is 78.4 Å². The zero-order chi connectivity index (χ0) is 22.9. The molecule has 4 nitrogen and oxygen atoms in total. The first-order valence-corrected chi connectivity index (χ1v) is 12.2. The summed E-state index contributed by atoms with van der Waals surface area (Å²) in [6.07, 6.45) is 5.25. The highest BCUT2D eigenvalue weighted by atomic mass is 32.1. The van der Waals surface area contributed by atoms with Crippen molar-refractivity contribution < 1.29 is 0 Å². The van der Waals surface area contributed by atoms with Crippen molar-refractivity contribution in [3.63, 3.8) is 0 Å². The molecule has 1 atom stereocenters. The van der Waals surface area contributed by atoms with Gasteiger partial charge >= 0.3 is 0 Å². The van der Waals surface area contributed by atoms with Gasteiger partial charge < -0.3 is 9.88 Å². The number of benzene rings is 3. The van der Waals surface area contributed by atoms with Gasteiger partial charge in [-0.3, -0.25) is 4.98 Å². The molecule has 1 N–H and O–H groups in total. The van der Waals surface area contributed by atoms with Gasteiger partial charge in [0.2, 0.25) is 0 Å². The second-order valence-corrected chi connectivity index (χ2v) is 9.40. The number of hydrogen-bond donors (Lipinski definition) is 2. The number of nitrogens with one attached hydrogen (secondary N) is 1. The van der Waals surface area contributed by atoms with E-state index in [0.29, 0.717) is 6.54 Å². The van der Waals surface area contributed by atoms with E-state index >= 15 is 0 Å². The SMILES string of the molecule is Sc1cccc(-c2ccc(N(Cc3nc4ccccc4[nH]3)C3CCCc4cccnc43)cc2)c1. The molecule has 3 aromatic carbocycles. The van der Waals surface area contributed by atoms with Gasteiger partial charge in [0.1, 0.15) is 5.82 Å². The molecule has 168 valence electrons. The van der Waals surface area contributed by atoms with E-state index in [1.165, 1.54) is 28.1 Å². The predicted octanol–water partition coefficient (Wildman–Crippen LogP) is 7.00. The van der Waals surface area contributed by atoms with Crippen LogP contribution >= 0.6 is 12.6 Å². The molecule has 5 aromatic rings. The van der Waals surface area contributed by atoms with Crippen molar-refractivity contribution in [1.82, 2.24) is 15.0 Å². The average Bonchev–Trinajstić information content (AvgIpc) is 3.30. The summed E-state index contributed by atoms with van der Waals surface area (Å²) < 4.78 is 0. The molecular formula is C29H26N4S. The molecule has 0 saturated heterocycles. The van der Waals surface area contributed by atoms with Crippen molar-refractivity contribution in [2.75, 3.05) is 4.90 Å². The van der Waals surface area contributed by atoms with E-state index in [4.69, 9.17) is 9.97 Å². The minimum absolute atomic E-state index is 0.213. The zero-order valence-electron chi connectivity index (χ0n) is 18.9. The first-order chi connectivity index (χ1) is 16.7. The van der Waals surface area contributed by atoms with Gasteiger partial charge in [0.05, 0.1) is 29.3 Å². The summed E-state index contributed by atoms with van der Waals surface area (Å²) >= 11 is 4.50. The van der Waals surface area contributed by atoms with Crippen molar-refractivity contribution in [3.05, 3.63) is 108 Å². The smallest absolute Gasteiger partial charge is 0.126 e. The van der Waals surface area contributed by atoms with E-state index in [-0.39, 0.29) is 6.04 Å². The predicted molar refractivity (Wildman–Crippen MR) is 141 cm³/mol. The van der Waals surface area contributed by atoms with Crippen LogP contribution < -0.4 is 4.90 Å². The van der Waals surface area contributed by atoms with E-state index < -0.39 is 0 Å². The topological polar surface area (TPSA) is 44.8 Å². The Labute approximate surface area is 205 Å². The lowest BCUT2D eigenvalue weighted by Crippen LogP contribution is -2.32. The van der Waals surface area contributed by atoms with Crippen LogP contribution in [0.4, 0.5) is 5.69 Å². The lowest BCUT2D eigenvalue weighted by Gasteiger charge is -2.36. The van der Waals surface area contributed by atoms with Crippen LogP contribution in [0.3, 0.4) is 0 Å². The Hall–Kier alpha value is -3.57. The number of aromatic amines is 1. The highest BCUT2D eigenvalue weighted by molar-refractivity contribution is 7.80. The van der Waals surface area contributed by atoms with Gasteiger partial charge in [-0.25, -0.2) is 4.98 Å². The zero-order valence-corrected chi connectivity index (χ0v) is 19.7. The molecule has 0 fully saturated rings. The summed E-state index contributed by atoms with van der Waals surface area (Å²) in [5, 5.41) is 0. The number of aromatic nitrogens is 3. The first-order valence-electron chi connectivity index (χ1n) is 11.8. The summed E-state index contributed by atoms with van der Waals surface area (Å²) in [4.78, 5) is 16.7. The third kappa shape index (κ3) is 4.08. The van der Waals surface area contributed by atoms with Crippen LogP contribution in [0.25, 0.3) is 22.2 Å². The van der Waals surface area contributed by atoms with Crippen LogP contribution in [0, 0.1) is 0 Å². The average molecular weight is 463 g/mol. The van der Waals surface area contributed by atoms with Gasteiger partial charge in [-0.1, -0.05) is 42.5 Å². The van der Waals surface area contributed by atoms with Gasteiger partial charge in [-0.15, -0.1) is 12.6 Å². The fraction of sp³-hybridized carbons (Fsp3) is 0.172. The van der Waals surface area contributed by atoms with E-state index in [1.54, 1.807) is 0 Å². The number of hydrogen-bond acceptors (Lipinski definition) is 4. The highest BCUT2D eigenvalue weighted by Gasteiger charge is 2.28. The number of thiol groups is 1. The molecule has 0 bridgehead atoms. The molecule has 0 spiro atoms. The summed E-state index contributed by atoms with van der Waals surface area (Å²) in [5.74, 6) is 0.969. The Bertz CT molecular complexity index is 1410. The number of imidazole rings is 1. The fourth-order valence-corrected chi connectivity index (χ4v) is 5.27. The maximum absolute atomic E-state index is 4.88. The monoisotopic (exact) mass is 462 g/mol. The fourth-order valence-electron chi connectivity index (χ4n) is 5.04. The van der Waals surface area contributed by atoms with Gasteiger partial charge in [0, 0.05) is 16.8 Å². The molecule has 0 aliphatic heterocycles. The van der Waals surface area contributed by atoms with Crippen molar-refractivity contribution in [3.8, 4) is 11.1 Å². The molecule has 0 saturated carbocycles. The maximum Gasteiger partial charge on any atom is 0.126 e. The van der Waals surface area contributed by atoms with Crippen LogP contribution in [-0.2, 0) is 13.0 Å². The number of nitrogens with zero attached hydrogens (tertiary/aromatic N) is 3. The summed E-state index contributed by atoms with van der Waals surface area (Å²) in [6.45, 7) is 0.695. The van der Waals surface area contributed by atoms with Gasteiger partial charge in [0.15, 0.2) is 0 Å². The highest BCUT2D eigenvalue weighted by Crippen LogP contribution is 2.37. The van der Waals surface area contributed by atoms with Crippen LogP contribution in [-0.4, -0.2) is 15.0 Å². The standard InChI is InChI=1S/C29H26N4S/c34-24-9-3-7-22(18-24)20-13-15-23(16-14-20)33(19-28-31-25-10-1-2-11-26(25)32-28)27-12-4-6-21-8-5-17-30-29(21)27/h1-3,5,7-11,13-18,27,34H,4,6,12,19H2,(H,31,32). The number of H-pyrrole nitrogens is 1. The molecule has 5 heteroatoms. The molecule has 1 unspecified atom stereocenters. The number of anilines is 1. The molecule has 6 rings (SSSR count). The normalized spacial score (nSPS) is 15.3. The first kappa shape index (κ1) is 21.0. The van der Waals surface area contributed by atoms with Gasteiger partial charge in [0.25, 0.3) is 0 Å². The number of fused-ring (bicyclic) bond motifs is 2. The second-order valence-electron chi connectivity index (χ2n) is 8.88. The summed E-state index contributed by atoms with van der Waals surface area (Å²) in [5.41, 5.74) is 8.16. The van der Waals surface area contributed by atoms with Crippen LogP contribution in [0.15, 0.2) is 96.0 Å². The number of para-hydroxylation sites is 2. The molecular weight excluding hydrogens is 436 g/mol. The third-order valence-corrected chi connectivity index (χ3v) is 6.96. The van der Waals surface area contributed by atoms with Crippen molar-refractivity contribution in [1.29, 1.82) is 0 Å². The van der Waals surface area contributed by atoms with E-state index in [2.05, 4.69) is 83.2 Å². The Morgan fingerprint density at radius 1 is 0.912 bits per heavy atom. The number of pyridine rings is 1. The molecule has 2 aromatic heterocycles. The van der Waals surface area contributed by atoms with Crippen molar-refractivity contribution in [2.24, 2.45) is 0 Å². The molecule has 0 radical (unpaired) electrons. The summed E-state index contributed by atoms with van der Waals surface area (Å²) in [6, 6.07) is 29.8. The molecule has 2 heterocycles. The second kappa shape index (κ2) is 8.99. The van der Waals surface area contributed by atoms with E-state index in [9.17, 15) is 0 Å². The Morgan fingerprint density at radius 3 is 2.65 bits per heavy atom. The Balaban J connectivity index is 1.39. The number of aryl methyl sites for hydroxylation is 1. The van der Waals surface area contributed by atoms with Crippen molar-refractivity contribution >= 4 is 29.3 Å². The minimum atomic E-state index is 0.213. The Morgan fingerprint density at radius 2 is 1.79 bits per heavy atom. The van der Waals surface area contributed by atoms with Crippen LogP contribution in [0.2, 0.25) is 0 Å². The summed E-state index contributed by atoms with van der Waals surface area (Å²) in [7, 11) is 0. The maximum atomic E-state index is 4.88. The van der Waals surface area contributed by atoms with Gasteiger partial charge in [-0.2, -0.15) is 0 Å². The van der Waals surface area contributed by atoms with Crippen LogP contribution in [0.1, 0.15) is 36.0 Å².